The van der Waals surface area contributed by atoms with Gasteiger partial charge in [0.25, 0.3) is 0 Å². The van der Waals surface area contributed by atoms with Crippen molar-refractivity contribution in [2.45, 2.75) is 16.6 Å². The summed E-state index contributed by atoms with van der Waals surface area (Å²) in [5.41, 5.74) is 1.16. The van der Waals surface area contributed by atoms with Gasteiger partial charge in [-0.1, -0.05) is 17.7 Å². The van der Waals surface area contributed by atoms with Gasteiger partial charge in [-0.05, 0) is 54.6 Å². The number of hydrogen-bond acceptors (Lipinski definition) is 2. The Morgan fingerprint density at radius 3 is 2.50 bits per heavy atom. The predicted octanol–water partition coefficient (Wildman–Crippen LogP) is 6.09. The van der Waals surface area contributed by atoms with E-state index in [-0.39, 0.29) is 5.25 Å². The molecule has 3 aromatic rings. The monoisotopic (exact) mass is 361 g/mol. The van der Waals surface area contributed by atoms with Crippen LogP contribution in [0.15, 0.2) is 71.8 Å². The van der Waals surface area contributed by atoms with Crippen LogP contribution < -0.4 is 0 Å². The van der Waals surface area contributed by atoms with Crippen LogP contribution >= 0.6 is 23.4 Å². The number of pyridine rings is 1. The van der Waals surface area contributed by atoms with Gasteiger partial charge in [0, 0.05) is 39.0 Å². The van der Waals surface area contributed by atoms with Crippen LogP contribution in [0.2, 0.25) is 5.02 Å². The number of halogens is 3. The van der Waals surface area contributed by atoms with Crippen LogP contribution in [0.25, 0.3) is 0 Å². The number of rotatable bonds is 5. The van der Waals surface area contributed by atoms with Gasteiger partial charge in [-0.15, -0.1) is 11.8 Å². The fourth-order valence-electron chi connectivity index (χ4n) is 2.36. The van der Waals surface area contributed by atoms with Crippen molar-refractivity contribution >= 4 is 23.4 Å². The van der Waals surface area contributed by atoms with E-state index in [1.807, 2.05) is 30.3 Å². The van der Waals surface area contributed by atoms with E-state index in [0.717, 1.165) is 16.7 Å². The summed E-state index contributed by atoms with van der Waals surface area (Å²) in [4.78, 5) is 5.24. The Bertz CT molecular complexity index is 809. The lowest BCUT2D eigenvalue weighted by molar-refractivity contribution is 0.582. The van der Waals surface area contributed by atoms with Gasteiger partial charge in [0.05, 0.1) is 0 Å². The number of aromatic nitrogens is 1. The molecule has 0 saturated heterocycles. The third kappa shape index (κ3) is 4.34. The van der Waals surface area contributed by atoms with Gasteiger partial charge >= 0.3 is 0 Å². The molecular formula is C19H14ClF2NS. The summed E-state index contributed by atoms with van der Waals surface area (Å²) >= 11 is 7.38. The van der Waals surface area contributed by atoms with Crippen LogP contribution in [0.5, 0.6) is 0 Å². The molecule has 0 saturated carbocycles. The Morgan fingerprint density at radius 1 is 1.00 bits per heavy atom. The van der Waals surface area contributed by atoms with E-state index >= 15 is 0 Å². The summed E-state index contributed by atoms with van der Waals surface area (Å²) in [6, 6.07) is 16.4. The number of thioether (sulfide) groups is 1. The fourth-order valence-corrected chi connectivity index (χ4v) is 3.67. The Hall–Kier alpha value is -1.91. The highest BCUT2D eigenvalue weighted by atomic mass is 35.5. The molecule has 0 aliphatic rings. The zero-order chi connectivity index (χ0) is 16.9. The lowest BCUT2D eigenvalue weighted by Crippen LogP contribution is -2.04. The molecule has 1 heterocycles. The van der Waals surface area contributed by atoms with Crippen molar-refractivity contribution in [2.24, 2.45) is 0 Å². The second-order valence-corrected chi connectivity index (χ2v) is 6.96. The zero-order valence-electron chi connectivity index (χ0n) is 12.6. The normalized spacial score (nSPS) is 12.1. The molecule has 1 aromatic heterocycles. The fraction of sp³-hybridized carbons (Fsp3) is 0.105. The molecule has 0 radical (unpaired) electrons. The Kier molecular flexibility index (Phi) is 5.48. The first kappa shape index (κ1) is 16.9. The maximum atomic E-state index is 14.3. The van der Waals surface area contributed by atoms with Crippen LogP contribution in [0.1, 0.15) is 16.5 Å². The minimum atomic E-state index is -0.450. The molecule has 1 unspecified atom stereocenters. The minimum Gasteiger partial charge on any atom is -0.261 e. The van der Waals surface area contributed by atoms with Gasteiger partial charge in [0.15, 0.2) is 0 Å². The maximum Gasteiger partial charge on any atom is 0.127 e. The van der Waals surface area contributed by atoms with Gasteiger partial charge in [0.2, 0.25) is 0 Å². The van der Waals surface area contributed by atoms with Crippen LogP contribution in [0.3, 0.4) is 0 Å². The maximum absolute atomic E-state index is 14.3. The van der Waals surface area contributed by atoms with Crippen LogP contribution in [0.4, 0.5) is 8.78 Å². The molecule has 0 amide bonds. The first-order chi connectivity index (χ1) is 11.6. The third-order valence-electron chi connectivity index (χ3n) is 3.52. The highest BCUT2D eigenvalue weighted by molar-refractivity contribution is 7.99. The molecule has 122 valence electrons. The lowest BCUT2D eigenvalue weighted by Gasteiger charge is -2.18. The molecule has 2 aromatic carbocycles. The van der Waals surface area contributed by atoms with E-state index < -0.39 is 11.6 Å². The summed E-state index contributed by atoms with van der Waals surface area (Å²) < 4.78 is 27.9. The van der Waals surface area contributed by atoms with Crippen molar-refractivity contribution in [3.05, 3.63) is 94.8 Å². The molecule has 0 fully saturated rings. The van der Waals surface area contributed by atoms with Gasteiger partial charge in [-0.3, -0.25) is 4.98 Å². The third-order valence-corrected chi connectivity index (χ3v) is 5.02. The van der Waals surface area contributed by atoms with Gasteiger partial charge < -0.3 is 0 Å². The molecular weight excluding hydrogens is 348 g/mol. The minimum absolute atomic E-state index is 0.295. The first-order valence-corrected chi connectivity index (χ1v) is 8.64. The highest BCUT2D eigenvalue weighted by Crippen LogP contribution is 2.39. The average Bonchev–Trinajstić information content (AvgIpc) is 2.59. The molecule has 0 bridgehead atoms. The van der Waals surface area contributed by atoms with Crippen molar-refractivity contribution in [3.63, 3.8) is 0 Å². The second kappa shape index (κ2) is 7.77. The molecule has 0 aliphatic heterocycles. The molecule has 1 nitrogen and oxygen atoms in total. The van der Waals surface area contributed by atoms with Gasteiger partial charge in [0.1, 0.15) is 11.6 Å². The van der Waals surface area contributed by atoms with Gasteiger partial charge in [-0.2, -0.15) is 0 Å². The number of hydrogen-bond donors (Lipinski definition) is 0. The number of benzene rings is 2. The lowest BCUT2D eigenvalue weighted by atomic mass is 10.1. The molecule has 5 heteroatoms. The standard InChI is InChI=1S/C19H14ClF2NS/c20-13-4-7-16(8-5-13)24-19(12-15-3-1-2-10-23-15)17-11-14(21)6-9-18(17)22/h1-11,19H,12H2. The Labute approximate surface area is 148 Å². The van der Waals surface area contributed by atoms with Gasteiger partial charge in [-0.25, -0.2) is 8.78 Å². The Morgan fingerprint density at radius 2 is 1.79 bits per heavy atom. The van der Waals surface area contributed by atoms with E-state index in [1.165, 1.54) is 23.9 Å². The van der Waals surface area contributed by atoms with Crippen molar-refractivity contribution in [1.29, 1.82) is 0 Å². The van der Waals surface area contributed by atoms with E-state index in [9.17, 15) is 8.78 Å². The topological polar surface area (TPSA) is 12.9 Å². The van der Waals surface area contributed by atoms with E-state index in [1.54, 1.807) is 18.3 Å². The molecule has 1 atom stereocenters. The molecule has 3 rings (SSSR count). The second-order valence-electron chi connectivity index (χ2n) is 5.25. The smallest absolute Gasteiger partial charge is 0.127 e. The van der Waals surface area contributed by atoms with E-state index in [4.69, 9.17) is 11.6 Å². The summed E-state index contributed by atoms with van der Waals surface area (Å²) in [5.74, 6) is -0.868. The average molecular weight is 362 g/mol. The summed E-state index contributed by atoms with van der Waals surface area (Å²) in [7, 11) is 0. The number of nitrogens with zero attached hydrogens (tertiary/aromatic N) is 1. The predicted molar refractivity (Wildman–Crippen MR) is 94.3 cm³/mol. The largest absolute Gasteiger partial charge is 0.261 e. The summed E-state index contributed by atoms with van der Waals surface area (Å²) in [6.45, 7) is 0. The van der Waals surface area contributed by atoms with E-state index in [2.05, 4.69) is 4.98 Å². The summed E-state index contributed by atoms with van der Waals surface area (Å²) in [5, 5.41) is 0.342. The first-order valence-electron chi connectivity index (χ1n) is 7.39. The van der Waals surface area contributed by atoms with Crippen molar-refractivity contribution in [3.8, 4) is 0 Å². The SMILES string of the molecule is Fc1ccc(F)c(C(Cc2ccccn2)Sc2ccc(Cl)cc2)c1. The summed E-state index contributed by atoms with van der Waals surface area (Å²) in [6.07, 6.45) is 2.19. The van der Waals surface area contributed by atoms with Crippen molar-refractivity contribution < 1.29 is 8.78 Å². The molecule has 0 N–H and O–H groups in total. The molecule has 24 heavy (non-hydrogen) atoms. The van der Waals surface area contributed by atoms with Crippen LogP contribution in [-0.4, -0.2) is 4.98 Å². The Balaban J connectivity index is 1.93. The molecule has 0 spiro atoms. The zero-order valence-corrected chi connectivity index (χ0v) is 14.2. The molecule has 0 aliphatic carbocycles. The van der Waals surface area contributed by atoms with Crippen LogP contribution in [0, 0.1) is 11.6 Å². The van der Waals surface area contributed by atoms with E-state index in [0.29, 0.717) is 17.0 Å². The van der Waals surface area contributed by atoms with Crippen molar-refractivity contribution in [1.82, 2.24) is 4.98 Å². The quantitative estimate of drug-likeness (QED) is 0.510. The van der Waals surface area contributed by atoms with Crippen LogP contribution in [-0.2, 0) is 6.42 Å². The van der Waals surface area contributed by atoms with Crippen molar-refractivity contribution in [2.75, 3.05) is 0 Å². The highest BCUT2D eigenvalue weighted by Gasteiger charge is 2.19.